The van der Waals surface area contributed by atoms with Crippen LogP contribution in [0.2, 0.25) is 10.0 Å². The van der Waals surface area contributed by atoms with Crippen molar-refractivity contribution in [1.29, 1.82) is 0 Å². The first kappa shape index (κ1) is 25.4. The fraction of sp³-hybridized carbons (Fsp3) is 0.458. The summed E-state index contributed by atoms with van der Waals surface area (Å²) in [6, 6.07) is 8.28. The second-order valence-corrected chi connectivity index (χ2v) is 11.7. The zero-order valence-corrected chi connectivity index (χ0v) is 21.1. The fourth-order valence-electron chi connectivity index (χ4n) is 4.32. The van der Waals surface area contributed by atoms with Gasteiger partial charge < -0.3 is 4.74 Å². The van der Waals surface area contributed by atoms with Crippen LogP contribution in [-0.4, -0.2) is 44.7 Å². The number of ether oxygens (including phenoxy) is 1. The molecule has 10 heteroatoms. The molecule has 34 heavy (non-hydrogen) atoms. The van der Waals surface area contributed by atoms with E-state index in [9.17, 15) is 17.6 Å². The SMILES string of the molecule is CS(=O)(=O)NC(=O)c1cc(C2CC2)c(CN2CCC(OCc3cc(Cl)cc(Cl)c3)CC2)cc1F. The maximum atomic E-state index is 14.8. The second kappa shape index (κ2) is 10.5. The summed E-state index contributed by atoms with van der Waals surface area (Å²) in [5.74, 6) is -1.36. The van der Waals surface area contributed by atoms with Crippen molar-refractivity contribution in [3.8, 4) is 0 Å². The Bertz CT molecular complexity index is 1160. The van der Waals surface area contributed by atoms with Crippen LogP contribution in [0.15, 0.2) is 30.3 Å². The number of hydrogen-bond donors (Lipinski definition) is 1. The summed E-state index contributed by atoms with van der Waals surface area (Å²) >= 11 is 12.1. The Morgan fingerprint density at radius 2 is 1.74 bits per heavy atom. The van der Waals surface area contributed by atoms with Crippen LogP contribution < -0.4 is 4.72 Å². The number of rotatable bonds is 8. The van der Waals surface area contributed by atoms with Gasteiger partial charge in [-0.1, -0.05) is 23.2 Å². The minimum atomic E-state index is -3.77. The first-order chi connectivity index (χ1) is 16.1. The molecule has 0 atom stereocenters. The van der Waals surface area contributed by atoms with Crippen molar-refractivity contribution in [2.75, 3.05) is 19.3 Å². The number of nitrogens with one attached hydrogen (secondary N) is 1. The van der Waals surface area contributed by atoms with Gasteiger partial charge in [-0.05, 0) is 78.6 Å². The van der Waals surface area contributed by atoms with Gasteiger partial charge in [-0.2, -0.15) is 0 Å². The van der Waals surface area contributed by atoms with Crippen LogP contribution in [0.4, 0.5) is 4.39 Å². The molecule has 0 bridgehead atoms. The van der Waals surface area contributed by atoms with Crippen LogP contribution in [0.5, 0.6) is 0 Å². The van der Waals surface area contributed by atoms with E-state index in [0.29, 0.717) is 23.2 Å². The lowest BCUT2D eigenvalue weighted by Gasteiger charge is -2.32. The first-order valence-electron chi connectivity index (χ1n) is 11.2. The summed E-state index contributed by atoms with van der Waals surface area (Å²) in [5.41, 5.74) is 2.48. The van der Waals surface area contributed by atoms with E-state index in [1.807, 2.05) is 16.9 Å². The molecule has 2 fully saturated rings. The standard InChI is InChI=1S/C24H27Cl2FN2O4S/c1-34(31,32)28-24(30)22-12-21(16-2-3-16)17(10-23(22)27)13-29-6-4-20(5-7-29)33-14-15-8-18(25)11-19(26)9-15/h8-12,16,20H,2-7,13-14H2,1H3,(H,28,30). The molecule has 2 aliphatic rings. The second-order valence-electron chi connectivity index (χ2n) is 9.07. The quantitative estimate of drug-likeness (QED) is 0.528. The molecule has 1 saturated carbocycles. The van der Waals surface area contributed by atoms with Gasteiger partial charge in [0.15, 0.2) is 0 Å². The van der Waals surface area contributed by atoms with E-state index < -0.39 is 21.7 Å². The molecule has 0 radical (unpaired) electrons. The Labute approximate surface area is 209 Å². The molecule has 184 valence electrons. The number of carbonyl (C=O) groups excluding carboxylic acids is 1. The monoisotopic (exact) mass is 528 g/mol. The van der Waals surface area contributed by atoms with E-state index in [1.54, 1.807) is 6.07 Å². The van der Waals surface area contributed by atoms with Crippen molar-refractivity contribution in [2.45, 2.75) is 50.9 Å². The molecule has 2 aromatic rings. The lowest BCUT2D eigenvalue weighted by atomic mass is 9.97. The van der Waals surface area contributed by atoms with Crippen LogP contribution in [-0.2, 0) is 27.9 Å². The number of likely N-dealkylation sites (tertiary alicyclic amines) is 1. The van der Waals surface area contributed by atoms with E-state index in [2.05, 4.69) is 4.90 Å². The van der Waals surface area contributed by atoms with E-state index >= 15 is 0 Å². The molecule has 0 spiro atoms. The van der Waals surface area contributed by atoms with Crippen LogP contribution in [0.3, 0.4) is 0 Å². The summed E-state index contributed by atoms with van der Waals surface area (Å²) in [6.07, 6.45) is 4.66. The highest BCUT2D eigenvalue weighted by atomic mass is 35.5. The highest BCUT2D eigenvalue weighted by Crippen LogP contribution is 2.43. The van der Waals surface area contributed by atoms with Crippen molar-refractivity contribution in [2.24, 2.45) is 0 Å². The maximum absolute atomic E-state index is 14.8. The average molecular weight is 529 g/mol. The number of halogens is 3. The third-order valence-electron chi connectivity index (χ3n) is 6.11. The molecule has 2 aromatic carbocycles. The highest BCUT2D eigenvalue weighted by molar-refractivity contribution is 7.89. The van der Waals surface area contributed by atoms with Crippen LogP contribution in [0.25, 0.3) is 0 Å². The topological polar surface area (TPSA) is 75.7 Å². The number of hydrogen-bond acceptors (Lipinski definition) is 5. The van der Waals surface area contributed by atoms with Gasteiger partial charge in [-0.15, -0.1) is 0 Å². The predicted octanol–water partition coefficient (Wildman–Crippen LogP) is 4.88. The van der Waals surface area contributed by atoms with Gasteiger partial charge in [-0.3, -0.25) is 9.69 Å². The van der Waals surface area contributed by atoms with E-state index in [1.165, 1.54) is 12.1 Å². The summed E-state index contributed by atoms with van der Waals surface area (Å²) in [4.78, 5) is 14.5. The van der Waals surface area contributed by atoms with Gasteiger partial charge in [0, 0.05) is 29.7 Å². The molecule has 0 unspecified atom stereocenters. The van der Waals surface area contributed by atoms with Crippen LogP contribution in [0, 0.1) is 5.82 Å². The van der Waals surface area contributed by atoms with Crippen molar-refractivity contribution >= 4 is 39.1 Å². The Morgan fingerprint density at radius 1 is 1.09 bits per heavy atom. The third-order valence-corrected chi connectivity index (χ3v) is 7.10. The minimum absolute atomic E-state index is 0.121. The summed E-state index contributed by atoms with van der Waals surface area (Å²) in [6.45, 7) is 2.64. The van der Waals surface area contributed by atoms with Gasteiger partial charge in [0.1, 0.15) is 5.82 Å². The molecule has 1 N–H and O–H groups in total. The van der Waals surface area contributed by atoms with Gasteiger partial charge in [0.2, 0.25) is 10.0 Å². The van der Waals surface area contributed by atoms with Crippen LogP contribution in [0.1, 0.15) is 58.6 Å². The molecule has 4 rings (SSSR count). The molecule has 0 aromatic heterocycles. The zero-order valence-electron chi connectivity index (χ0n) is 18.8. The van der Waals surface area contributed by atoms with Crippen LogP contribution >= 0.6 is 23.2 Å². The van der Waals surface area contributed by atoms with E-state index in [4.69, 9.17) is 27.9 Å². The number of piperidine rings is 1. The Morgan fingerprint density at radius 3 is 2.32 bits per heavy atom. The Hall–Kier alpha value is -1.71. The molecule has 1 aliphatic carbocycles. The Kier molecular flexibility index (Phi) is 7.84. The lowest BCUT2D eigenvalue weighted by Crippen LogP contribution is -2.36. The number of benzene rings is 2. The highest BCUT2D eigenvalue weighted by Gasteiger charge is 2.30. The fourth-order valence-corrected chi connectivity index (χ4v) is 5.34. The molecule has 1 heterocycles. The third kappa shape index (κ3) is 6.92. The summed E-state index contributed by atoms with van der Waals surface area (Å²) in [7, 11) is -3.77. The van der Waals surface area contributed by atoms with E-state index in [-0.39, 0.29) is 17.6 Å². The first-order valence-corrected chi connectivity index (χ1v) is 13.9. The van der Waals surface area contributed by atoms with Gasteiger partial charge in [0.25, 0.3) is 5.91 Å². The molecule has 1 amide bonds. The average Bonchev–Trinajstić information content (AvgIpc) is 3.56. The van der Waals surface area contributed by atoms with E-state index in [0.717, 1.165) is 61.7 Å². The number of sulfonamides is 1. The molecule has 1 aliphatic heterocycles. The number of nitrogens with zero attached hydrogens (tertiary/aromatic N) is 1. The summed E-state index contributed by atoms with van der Waals surface area (Å²) in [5, 5.41) is 1.17. The predicted molar refractivity (Wildman–Crippen MR) is 130 cm³/mol. The molecular weight excluding hydrogens is 502 g/mol. The van der Waals surface area contributed by atoms with Crippen molar-refractivity contribution < 1.29 is 22.3 Å². The van der Waals surface area contributed by atoms with Gasteiger partial charge in [-0.25, -0.2) is 17.5 Å². The smallest absolute Gasteiger partial charge is 0.267 e. The largest absolute Gasteiger partial charge is 0.373 e. The lowest BCUT2D eigenvalue weighted by molar-refractivity contribution is -0.00399. The Balaban J connectivity index is 1.37. The van der Waals surface area contributed by atoms with Crippen molar-refractivity contribution in [1.82, 2.24) is 9.62 Å². The van der Waals surface area contributed by atoms with Gasteiger partial charge in [0.05, 0.1) is 24.5 Å². The maximum Gasteiger partial charge on any atom is 0.267 e. The molecule has 6 nitrogen and oxygen atoms in total. The molecule has 1 saturated heterocycles. The number of carbonyl (C=O) groups is 1. The normalized spacial score (nSPS) is 17.6. The summed E-state index contributed by atoms with van der Waals surface area (Å²) < 4.78 is 45.4. The minimum Gasteiger partial charge on any atom is -0.373 e. The molecular formula is C24H27Cl2FN2O4S. The zero-order chi connectivity index (χ0) is 24.5. The van der Waals surface area contributed by atoms with Gasteiger partial charge >= 0.3 is 0 Å². The van der Waals surface area contributed by atoms with Crippen molar-refractivity contribution in [3.05, 3.63) is 68.4 Å². The number of amides is 1. The van der Waals surface area contributed by atoms with Crippen molar-refractivity contribution in [3.63, 3.8) is 0 Å².